The van der Waals surface area contributed by atoms with Gasteiger partial charge in [0.25, 0.3) is 0 Å². The van der Waals surface area contributed by atoms with E-state index in [1.807, 2.05) is 48.5 Å². The zero-order valence-corrected chi connectivity index (χ0v) is 28.0. The fourth-order valence-corrected chi connectivity index (χ4v) is 7.25. The third kappa shape index (κ3) is 5.31. The first kappa shape index (κ1) is 30.9. The van der Waals surface area contributed by atoms with Crippen LogP contribution in [-0.2, 0) is 5.41 Å². The van der Waals surface area contributed by atoms with E-state index in [0.29, 0.717) is 23.0 Å². The summed E-state index contributed by atoms with van der Waals surface area (Å²) in [6, 6.07) is 64.0. The Labute approximate surface area is 302 Å². The van der Waals surface area contributed by atoms with Gasteiger partial charge in [-0.05, 0) is 58.7 Å². The molecular weight excluding hydrogens is 637 g/mol. The van der Waals surface area contributed by atoms with Crippen molar-refractivity contribution in [1.82, 2.24) is 15.0 Å². The van der Waals surface area contributed by atoms with Gasteiger partial charge in [0.1, 0.15) is 11.5 Å². The molecule has 0 fully saturated rings. The van der Waals surface area contributed by atoms with Crippen molar-refractivity contribution < 1.29 is 4.74 Å². The maximum absolute atomic E-state index is 9.31. The fourth-order valence-electron chi connectivity index (χ4n) is 7.25. The van der Waals surface area contributed by atoms with Gasteiger partial charge in [-0.3, -0.25) is 0 Å². The Morgan fingerprint density at radius 2 is 0.846 bits per heavy atom. The summed E-state index contributed by atoms with van der Waals surface area (Å²) in [7, 11) is 0. The molecular formula is C47H30N4O. The van der Waals surface area contributed by atoms with Crippen LogP contribution in [0.25, 0.3) is 45.3 Å². The van der Waals surface area contributed by atoms with Crippen LogP contribution in [0.2, 0.25) is 0 Å². The molecule has 5 heteroatoms. The third-order valence-electron chi connectivity index (χ3n) is 9.73. The average molecular weight is 667 g/mol. The molecule has 1 aliphatic rings. The van der Waals surface area contributed by atoms with Crippen molar-refractivity contribution in [3.8, 4) is 62.9 Å². The largest absolute Gasteiger partial charge is 0.457 e. The van der Waals surface area contributed by atoms with Gasteiger partial charge in [0, 0.05) is 27.8 Å². The number of aromatic nitrogens is 3. The molecule has 0 atom stereocenters. The number of benzene rings is 7. The number of hydrogen-bond acceptors (Lipinski definition) is 5. The second-order valence-corrected chi connectivity index (χ2v) is 12.7. The Bertz CT molecular complexity index is 2540. The topological polar surface area (TPSA) is 71.7 Å². The van der Waals surface area contributed by atoms with Crippen molar-refractivity contribution in [3.63, 3.8) is 0 Å². The normalized spacial score (nSPS) is 12.5. The minimum atomic E-state index is -0.559. The van der Waals surface area contributed by atoms with Crippen molar-refractivity contribution in [1.29, 1.82) is 5.26 Å². The molecule has 1 aliphatic heterocycles. The van der Waals surface area contributed by atoms with Crippen LogP contribution in [0.15, 0.2) is 182 Å². The molecule has 5 nitrogen and oxygen atoms in total. The Balaban J connectivity index is 1.13. The van der Waals surface area contributed by atoms with E-state index < -0.39 is 5.41 Å². The highest BCUT2D eigenvalue weighted by Crippen LogP contribution is 2.55. The summed E-state index contributed by atoms with van der Waals surface area (Å²) in [4.78, 5) is 14.6. The van der Waals surface area contributed by atoms with Crippen molar-refractivity contribution in [2.45, 2.75) is 5.41 Å². The summed E-state index contributed by atoms with van der Waals surface area (Å²) >= 11 is 0. The predicted octanol–water partition coefficient (Wildman–Crippen LogP) is 10.9. The van der Waals surface area contributed by atoms with E-state index in [9.17, 15) is 5.26 Å². The number of nitrogens with zero attached hydrogens (tertiary/aromatic N) is 4. The fraction of sp³-hybridized carbons (Fsp3) is 0.0213. The van der Waals surface area contributed by atoms with Gasteiger partial charge in [0.2, 0.25) is 0 Å². The lowest BCUT2D eigenvalue weighted by atomic mass is 9.63. The minimum Gasteiger partial charge on any atom is -0.457 e. The van der Waals surface area contributed by atoms with E-state index in [1.165, 1.54) is 11.1 Å². The van der Waals surface area contributed by atoms with E-state index >= 15 is 0 Å². The third-order valence-corrected chi connectivity index (χ3v) is 9.73. The van der Waals surface area contributed by atoms with Crippen LogP contribution in [-0.4, -0.2) is 15.0 Å². The van der Waals surface area contributed by atoms with Crippen LogP contribution < -0.4 is 4.74 Å². The lowest BCUT2D eigenvalue weighted by molar-refractivity contribution is 0.435. The lowest BCUT2D eigenvalue weighted by Gasteiger charge is -2.41. The van der Waals surface area contributed by atoms with Crippen LogP contribution >= 0.6 is 0 Å². The molecule has 0 bridgehead atoms. The van der Waals surface area contributed by atoms with E-state index in [1.54, 1.807) is 12.1 Å². The predicted molar refractivity (Wildman–Crippen MR) is 205 cm³/mol. The molecule has 9 rings (SSSR count). The first-order chi connectivity index (χ1) is 25.7. The Kier molecular flexibility index (Phi) is 7.68. The molecule has 7 aromatic carbocycles. The molecule has 2 heterocycles. The molecule has 52 heavy (non-hydrogen) atoms. The highest BCUT2D eigenvalue weighted by molar-refractivity contribution is 5.75. The number of fused-ring (bicyclic) bond motifs is 2. The van der Waals surface area contributed by atoms with Gasteiger partial charge in [-0.2, -0.15) is 5.26 Å². The standard InChI is InChI=1S/C47H30N4O/c48-31-32-20-22-35(23-21-32)45-49-44(34-12-4-1-5-13-34)50-46(51-45)36-26-24-33(25-27-36)37-28-29-41-43(30-37)52-42-19-11-10-18-40(42)47(41,38-14-6-2-7-15-38)39-16-8-3-9-17-39/h1-30H. The van der Waals surface area contributed by atoms with Gasteiger partial charge in [-0.25, -0.2) is 15.0 Å². The molecule has 0 saturated carbocycles. The average Bonchev–Trinajstić information content (AvgIpc) is 3.23. The van der Waals surface area contributed by atoms with Crippen molar-refractivity contribution in [3.05, 3.63) is 210 Å². The lowest BCUT2D eigenvalue weighted by Crippen LogP contribution is -2.34. The van der Waals surface area contributed by atoms with E-state index in [0.717, 1.165) is 50.4 Å². The molecule has 0 radical (unpaired) electrons. The summed E-state index contributed by atoms with van der Waals surface area (Å²) in [6.45, 7) is 0. The van der Waals surface area contributed by atoms with Crippen LogP contribution in [0.4, 0.5) is 0 Å². The van der Waals surface area contributed by atoms with Crippen LogP contribution in [0.5, 0.6) is 11.5 Å². The number of rotatable bonds is 6. The second kappa shape index (κ2) is 12.9. The number of ether oxygens (including phenoxy) is 1. The Morgan fingerprint density at radius 1 is 0.404 bits per heavy atom. The van der Waals surface area contributed by atoms with Crippen molar-refractivity contribution in [2.75, 3.05) is 0 Å². The summed E-state index contributed by atoms with van der Waals surface area (Å²) in [5, 5.41) is 9.31. The zero-order chi connectivity index (χ0) is 34.9. The quantitative estimate of drug-likeness (QED) is 0.177. The maximum Gasteiger partial charge on any atom is 0.164 e. The zero-order valence-electron chi connectivity index (χ0n) is 28.0. The minimum absolute atomic E-state index is 0.546. The second-order valence-electron chi connectivity index (χ2n) is 12.7. The molecule has 244 valence electrons. The molecule has 0 unspecified atom stereocenters. The molecule has 0 aliphatic carbocycles. The van der Waals surface area contributed by atoms with Crippen LogP contribution in [0.3, 0.4) is 0 Å². The Hall–Kier alpha value is -7.16. The van der Waals surface area contributed by atoms with Crippen molar-refractivity contribution in [2.24, 2.45) is 0 Å². The molecule has 0 saturated heterocycles. The summed E-state index contributed by atoms with van der Waals surface area (Å²) in [5.41, 5.74) is 9.27. The Morgan fingerprint density at radius 3 is 1.42 bits per heavy atom. The molecule has 8 aromatic rings. The van der Waals surface area contributed by atoms with Gasteiger partial charge in [-0.1, -0.05) is 146 Å². The van der Waals surface area contributed by atoms with E-state index in [4.69, 9.17) is 19.7 Å². The van der Waals surface area contributed by atoms with Gasteiger partial charge >= 0.3 is 0 Å². The molecule has 1 aromatic heterocycles. The summed E-state index contributed by atoms with van der Waals surface area (Å²) in [5.74, 6) is 3.37. The van der Waals surface area contributed by atoms with Crippen LogP contribution in [0, 0.1) is 11.3 Å². The van der Waals surface area contributed by atoms with Gasteiger partial charge in [0.05, 0.1) is 17.0 Å². The van der Waals surface area contributed by atoms with Gasteiger partial charge < -0.3 is 4.74 Å². The number of hydrogen-bond donors (Lipinski definition) is 0. The maximum atomic E-state index is 9.31. The monoisotopic (exact) mass is 666 g/mol. The smallest absolute Gasteiger partial charge is 0.164 e. The summed E-state index contributed by atoms with van der Waals surface area (Å²) in [6.07, 6.45) is 0. The van der Waals surface area contributed by atoms with Gasteiger partial charge in [0.15, 0.2) is 17.5 Å². The van der Waals surface area contributed by atoms with Gasteiger partial charge in [-0.15, -0.1) is 0 Å². The first-order valence-electron chi connectivity index (χ1n) is 17.2. The number of nitriles is 1. The molecule has 0 N–H and O–H groups in total. The highest BCUT2D eigenvalue weighted by atomic mass is 16.5. The highest BCUT2D eigenvalue weighted by Gasteiger charge is 2.45. The SMILES string of the molecule is N#Cc1ccc(-c2nc(-c3ccccc3)nc(-c3ccc(-c4ccc5c(c4)Oc4ccccc4C5(c4ccccc4)c4ccccc4)cc3)n2)cc1. The summed E-state index contributed by atoms with van der Waals surface area (Å²) < 4.78 is 6.71. The molecule has 0 spiro atoms. The van der Waals surface area contributed by atoms with Crippen LogP contribution in [0.1, 0.15) is 27.8 Å². The molecule has 0 amide bonds. The first-order valence-corrected chi connectivity index (χ1v) is 17.2. The van der Waals surface area contributed by atoms with Crippen molar-refractivity contribution >= 4 is 0 Å². The van der Waals surface area contributed by atoms with E-state index in [-0.39, 0.29) is 0 Å². The van der Waals surface area contributed by atoms with E-state index in [2.05, 4.69) is 127 Å². The number of para-hydroxylation sites is 1.